The molecule has 162 valence electrons. The highest BCUT2D eigenvalue weighted by Crippen LogP contribution is 2.40. The molecule has 6 nitrogen and oxygen atoms in total. The van der Waals surface area contributed by atoms with Crippen molar-refractivity contribution in [3.05, 3.63) is 81.9 Å². The van der Waals surface area contributed by atoms with E-state index in [0.717, 1.165) is 10.0 Å². The largest absolute Gasteiger partial charge is 0.507 e. The van der Waals surface area contributed by atoms with Crippen LogP contribution in [0.1, 0.15) is 22.7 Å². The Morgan fingerprint density at radius 2 is 2.03 bits per heavy atom. The van der Waals surface area contributed by atoms with Crippen LogP contribution in [0, 0.1) is 6.92 Å². The van der Waals surface area contributed by atoms with Crippen molar-refractivity contribution in [1.82, 2.24) is 4.90 Å². The molecule has 1 saturated heterocycles. The minimum Gasteiger partial charge on any atom is -0.507 e. The third-order valence-electron chi connectivity index (χ3n) is 5.05. The molecule has 1 unspecified atom stereocenters. The van der Waals surface area contributed by atoms with E-state index < -0.39 is 17.7 Å². The van der Waals surface area contributed by atoms with Gasteiger partial charge < -0.3 is 19.5 Å². The summed E-state index contributed by atoms with van der Waals surface area (Å²) in [5.74, 6) is -1.03. The number of halogens is 1. The number of aryl methyl sites for hydroxylation is 1. The molecule has 1 aliphatic heterocycles. The van der Waals surface area contributed by atoms with Gasteiger partial charge in [0.05, 0.1) is 18.2 Å². The maximum Gasteiger partial charge on any atom is 0.295 e. The second kappa shape index (κ2) is 9.94. The Morgan fingerprint density at radius 3 is 2.71 bits per heavy atom. The summed E-state index contributed by atoms with van der Waals surface area (Å²) >= 11 is 3.44. The third-order valence-corrected chi connectivity index (χ3v) is 5.94. The number of likely N-dealkylation sites (tertiary alicyclic amines) is 1. The van der Waals surface area contributed by atoms with Crippen LogP contribution in [0.5, 0.6) is 5.75 Å². The van der Waals surface area contributed by atoms with E-state index in [9.17, 15) is 14.7 Å². The fourth-order valence-electron chi connectivity index (χ4n) is 3.52. The van der Waals surface area contributed by atoms with Gasteiger partial charge in [-0.1, -0.05) is 46.8 Å². The van der Waals surface area contributed by atoms with Crippen molar-refractivity contribution in [3.63, 3.8) is 0 Å². The number of hydrogen-bond acceptors (Lipinski definition) is 5. The molecule has 1 amide bonds. The summed E-state index contributed by atoms with van der Waals surface area (Å²) in [6.07, 6.45) is 1.63. The second-order valence-corrected chi connectivity index (χ2v) is 7.98. The van der Waals surface area contributed by atoms with Crippen molar-refractivity contribution < 1.29 is 24.2 Å². The van der Waals surface area contributed by atoms with Gasteiger partial charge in [-0.15, -0.1) is 0 Å². The highest BCUT2D eigenvalue weighted by atomic mass is 79.9. The second-order valence-electron chi connectivity index (χ2n) is 7.12. The normalized spacial score (nSPS) is 17.8. The van der Waals surface area contributed by atoms with Crippen molar-refractivity contribution in [2.75, 3.05) is 26.9 Å². The topological polar surface area (TPSA) is 76.1 Å². The molecule has 1 aliphatic rings. The molecular weight excluding hydrogens is 462 g/mol. The number of methoxy groups -OCH3 is 1. The monoisotopic (exact) mass is 485 g/mol. The lowest BCUT2D eigenvalue weighted by molar-refractivity contribution is -0.140. The van der Waals surface area contributed by atoms with Gasteiger partial charge in [-0.05, 0) is 42.3 Å². The molecule has 0 aromatic heterocycles. The summed E-state index contributed by atoms with van der Waals surface area (Å²) in [5, 5.41) is 11.1. The van der Waals surface area contributed by atoms with Gasteiger partial charge in [0.25, 0.3) is 11.7 Å². The zero-order valence-corrected chi connectivity index (χ0v) is 19.0. The van der Waals surface area contributed by atoms with E-state index in [1.54, 1.807) is 48.5 Å². The van der Waals surface area contributed by atoms with E-state index in [4.69, 9.17) is 9.47 Å². The number of carbonyl (C=O) groups excluding carboxylic acids is 2. The molecule has 0 aliphatic carbocycles. The maximum atomic E-state index is 13.0. The van der Waals surface area contributed by atoms with E-state index >= 15 is 0 Å². The number of aliphatic hydroxyl groups is 1. The van der Waals surface area contributed by atoms with Gasteiger partial charge in [0.1, 0.15) is 18.1 Å². The van der Waals surface area contributed by atoms with Gasteiger partial charge in [0.15, 0.2) is 0 Å². The van der Waals surface area contributed by atoms with Gasteiger partial charge in [0, 0.05) is 23.7 Å². The number of rotatable bonds is 8. The Morgan fingerprint density at radius 1 is 1.26 bits per heavy atom. The molecule has 2 aromatic rings. The molecule has 1 N–H and O–H groups in total. The third kappa shape index (κ3) is 4.73. The van der Waals surface area contributed by atoms with Crippen LogP contribution in [0.15, 0.2) is 65.2 Å². The van der Waals surface area contributed by atoms with Crippen molar-refractivity contribution >= 4 is 33.4 Å². The standard InChI is InChI=1S/C24H24BrNO5/c1-4-11-31-18-7-5-6-16(14-18)21-20(23(28)24(29)26(21)10-12-30-3)22(27)17-8-9-19(25)15(2)13-17/h4-9,13-14,21,27H,1,10-12H2,2-3H3/b22-20-. The van der Waals surface area contributed by atoms with Crippen LogP contribution in [0.3, 0.4) is 0 Å². The van der Waals surface area contributed by atoms with Crippen molar-refractivity contribution in [3.8, 4) is 5.75 Å². The van der Waals surface area contributed by atoms with E-state index in [1.165, 1.54) is 12.0 Å². The number of amides is 1. The zero-order chi connectivity index (χ0) is 22.5. The van der Waals surface area contributed by atoms with Crippen molar-refractivity contribution in [2.24, 2.45) is 0 Å². The number of benzene rings is 2. The summed E-state index contributed by atoms with van der Waals surface area (Å²) in [6.45, 7) is 6.32. The molecule has 1 fully saturated rings. The van der Waals surface area contributed by atoms with Crippen molar-refractivity contribution in [1.29, 1.82) is 0 Å². The van der Waals surface area contributed by atoms with Gasteiger partial charge >= 0.3 is 0 Å². The predicted molar refractivity (Wildman–Crippen MR) is 122 cm³/mol. The van der Waals surface area contributed by atoms with Crippen LogP contribution in [-0.4, -0.2) is 48.6 Å². The average Bonchev–Trinajstić information content (AvgIpc) is 3.02. The first kappa shape index (κ1) is 22.8. The van der Waals surface area contributed by atoms with E-state index in [-0.39, 0.29) is 24.5 Å². The lowest BCUT2D eigenvalue weighted by Gasteiger charge is -2.25. The maximum absolute atomic E-state index is 13.0. The number of Topliss-reactive ketones (excluding diaryl/α,β-unsaturated/α-hetero) is 1. The quantitative estimate of drug-likeness (QED) is 0.259. The molecule has 0 saturated carbocycles. The first-order chi connectivity index (χ1) is 14.9. The van der Waals surface area contributed by atoms with Crippen LogP contribution in [-0.2, 0) is 14.3 Å². The zero-order valence-electron chi connectivity index (χ0n) is 17.4. The summed E-state index contributed by atoms with van der Waals surface area (Å²) in [6, 6.07) is 11.6. The number of carbonyl (C=O) groups is 2. The molecule has 1 atom stereocenters. The Hall–Kier alpha value is -2.90. The van der Waals surface area contributed by atoms with Gasteiger partial charge in [-0.25, -0.2) is 0 Å². The number of ether oxygens (including phenoxy) is 2. The highest BCUT2D eigenvalue weighted by Gasteiger charge is 2.46. The number of nitrogens with zero attached hydrogens (tertiary/aromatic N) is 1. The predicted octanol–water partition coefficient (Wildman–Crippen LogP) is 4.39. The Labute approximate surface area is 189 Å². The van der Waals surface area contributed by atoms with E-state index in [1.807, 2.05) is 6.92 Å². The summed E-state index contributed by atoms with van der Waals surface area (Å²) in [5.41, 5.74) is 2.07. The van der Waals surface area contributed by atoms with Crippen LogP contribution < -0.4 is 4.74 Å². The Balaban J connectivity index is 2.15. The molecule has 2 aromatic carbocycles. The summed E-state index contributed by atoms with van der Waals surface area (Å²) in [4.78, 5) is 27.3. The SMILES string of the molecule is C=CCOc1cccc(C2/C(=C(/O)c3ccc(Br)c(C)c3)C(=O)C(=O)N2CCOC)c1. The minimum absolute atomic E-state index is 0.0451. The van der Waals surface area contributed by atoms with Crippen LogP contribution in [0.2, 0.25) is 0 Å². The van der Waals surface area contributed by atoms with Gasteiger partial charge in [-0.3, -0.25) is 9.59 Å². The lowest BCUT2D eigenvalue weighted by Crippen LogP contribution is -2.32. The summed E-state index contributed by atoms with van der Waals surface area (Å²) < 4.78 is 11.6. The number of ketones is 1. The fourth-order valence-corrected chi connectivity index (χ4v) is 3.77. The smallest absolute Gasteiger partial charge is 0.295 e. The number of aliphatic hydroxyl groups excluding tert-OH is 1. The van der Waals surface area contributed by atoms with E-state index in [0.29, 0.717) is 23.5 Å². The van der Waals surface area contributed by atoms with Crippen molar-refractivity contribution in [2.45, 2.75) is 13.0 Å². The first-order valence-corrected chi connectivity index (χ1v) is 10.6. The van der Waals surface area contributed by atoms with E-state index in [2.05, 4.69) is 22.5 Å². The molecule has 7 heteroatoms. The highest BCUT2D eigenvalue weighted by molar-refractivity contribution is 9.10. The molecular formula is C24H24BrNO5. The molecule has 3 rings (SSSR count). The molecule has 0 radical (unpaired) electrons. The first-order valence-electron chi connectivity index (χ1n) is 9.76. The molecule has 31 heavy (non-hydrogen) atoms. The Kier molecular flexibility index (Phi) is 7.30. The lowest BCUT2D eigenvalue weighted by atomic mass is 9.94. The summed E-state index contributed by atoms with van der Waals surface area (Å²) in [7, 11) is 1.53. The van der Waals surface area contributed by atoms with Crippen LogP contribution >= 0.6 is 15.9 Å². The van der Waals surface area contributed by atoms with Crippen LogP contribution in [0.4, 0.5) is 0 Å². The average molecular weight is 486 g/mol. The molecule has 0 spiro atoms. The number of hydrogen-bond donors (Lipinski definition) is 1. The molecule has 0 bridgehead atoms. The Bertz CT molecular complexity index is 1050. The molecule has 1 heterocycles. The minimum atomic E-state index is -0.758. The van der Waals surface area contributed by atoms with Gasteiger partial charge in [0.2, 0.25) is 0 Å². The van der Waals surface area contributed by atoms with Gasteiger partial charge in [-0.2, -0.15) is 0 Å². The van der Waals surface area contributed by atoms with Crippen LogP contribution in [0.25, 0.3) is 5.76 Å². The fraction of sp³-hybridized carbons (Fsp3) is 0.250.